The van der Waals surface area contributed by atoms with Crippen LogP contribution in [0, 0.1) is 0 Å². The lowest BCUT2D eigenvalue weighted by atomic mass is 9.94. The fourth-order valence-electron chi connectivity index (χ4n) is 1.00. The van der Waals surface area contributed by atoms with Gasteiger partial charge in [-0.3, -0.25) is 0 Å². The fourth-order valence-corrected chi connectivity index (χ4v) is 1.00. The van der Waals surface area contributed by atoms with Crippen molar-refractivity contribution in [3.8, 4) is 0 Å². The normalized spacial score (nSPS) is 13.9. The molecule has 0 radical (unpaired) electrons. The highest BCUT2D eigenvalue weighted by Gasteiger charge is 2.18. The van der Waals surface area contributed by atoms with Crippen molar-refractivity contribution in [3.05, 3.63) is 35.9 Å². The van der Waals surface area contributed by atoms with Crippen LogP contribution in [0.2, 0.25) is 0 Å². The fraction of sp³-hybridized carbons (Fsp3) is 0.500. The molecule has 0 saturated heterocycles. The molecular formula is C12H20O. The van der Waals surface area contributed by atoms with Crippen molar-refractivity contribution in [2.75, 3.05) is 0 Å². The highest BCUT2D eigenvalue weighted by molar-refractivity contribution is 5.20. The molecule has 0 aliphatic heterocycles. The van der Waals surface area contributed by atoms with E-state index in [1.54, 1.807) is 0 Å². The van der Waals surface area contributed by atoms with Crippen molar-refractivity contribution in [1.82, 2.24) is 0 Å². The zero-order valence-corrected chi connectivity index (χ0v) is 9.04. The van der Waals surface area contributed by atoms with Crippen molar-refractivity contribution in [2.45, 2.75) is 39.7 Å². The molecule has 0 fully saturated rings. The van der Waals surface area contributed by atoms with Crippen LogP contribution >= 0.6 is 0 Å². The first-order valence-corrected chi connectivity index (χ1v) is 4.94. The first-order chi connectivity index (χ1) is 6.17. The lowest BCUT2D eigenvalue weighted by Gasteiger charge is -2.21. The summed E-state index contributed by atoms with van der Waals surface area (Å²) in [5, 5.41) is 9.79. The first kappa shape index (κ1) is 12.2. The molecule has 1 atom stereocenters. The minimum atomic E-state index is -0.665. The maximum absolute atomic E-state index is 9.79. The van der Waals surface area contributed by atoms with Gasteiger partial charge in [-0.25, -0.2) is 0 Å². The van der Waals surface area contributed by atoms with E-state index >= 15 is 0 Å². The molecule has 0 amide bonds. The maximum Gasteiger partial charge on any atom is 0.0865 e. The Morgan fingerprint density at radius 3 is 2.00 bits per heavy atom. The van der Waals surface area contributed by atoms with E-state index < -0.39 is 5.60 Å². The summed E-state index contributed by atoms with van der Waals surface area (Å²) < 4.78 is 0. The van der Waals surface area contributed by atoms with Gasteiger partial charge in [-0.15, -0.1) is 0 Å². The van der Waals surface area contributed by atoms with Crippen molar-refractivity contribution >= 4 is 0 Å². The molecule has 0 spiro atoms. The molecule has 1 N–H and O–H groups in total. The van der Waals surface area contributed by atoms with Crippen molar-refractivity contribution < 1.29 is 5.11 Å². The number of benzene rings is 1. The Hall–Kier alpha value is -0.820. The van der Waals surface area contributed by atoms with Crippen LogP contribution in [0.3, 0.4) is 0 Å². The van der Waals surface area contributed by atoms with Crippen LogP contribution in [-0.4, -0.2) is 5.11 Å². The number of hydrogen-bond donors (Lipinski definition) is 1. The second kappa shape index (κ2) is 5.76. The third-order valence-corrected chi connectivity index (χ3v) is 2.08. The van der Waals surface area contributed by atoms with Crippen LogP contribution in [0.1, 0.15) is 39.7 Å². The second-order valence-electron chi connectivity index (χ2n) is 2.99. The quantitative estimate of drug-likeness (QED) is 0.740. The van der Waals surface area contributed by atoms with Crippen LogP contribution in [0.25, 0.3) is 0 Å². The Balaban J connectivity index is 0.000000671. The first-order valence-electron chi connectivity index (χ1n) is 4.94. The molecule has 0 aliphatic rings. The minimum absolute atomic E-state index is 0.665. The largest absolute Gasteiger partial charge is 0.385 e. The Morgan fingerprint density at radius 1 is 1.15 bits per heavy atom. The standard InChI is InChI=1S/C10H14O.C2H6/c1-3-10(2,11)9-7-5-4-6-8-9;1-2/h4-8,11H,3H2,1-2H3;1-2H3. The molecule has 1 aromatic carbocycles. The Bertz CT molecular complexity index is 214. The number of rotatable bonds is 2. The van der Waals surface area contributed by atoms with Crippen LogP contribution in [0.15, 0.2) is 30.3 Å². The van der Waals surface area contributed by atoms with Crippen LogP contribution in [0.5, 0.6) is 0 Å². The van der Waals surface area contributed by atoms with Gasteiger partial charge in [-0.05, 0) is 18.9 Å². The summed E-state index contributed by atoms with van der Waals surface area (Å²) in [4.78, 5) is 0. The predicted octanol–water partition coefficient (Wildman–Crippen LogP) is 3.33. The molecular weight excluding hydrogens is 160 g/mol. The van der Waals surface area contributed by atoms with Crippen molar-refractivity contribution in [1.29, 1.82) is 0 Å². The van der Waals surface area contributed by atoms with E-state index in [1.165, 1.54) is 0 Å². The maximum atomic E-state index is 9.79. The summed E-state index contributed by atoms with van der Waals surface area (Å²) in [6.07, 6.45) is 0.747. The monoisotopic (exact) mass is 180 g/mol. The Labute approximate surface area is 81.4 Å². The van der Waals surface area contributed by atoms with Gasteiger partial charge in [0.15, 0.2) is 0 Å². The van der Waals surface area contributed by atoms with Gasteiger partial charge in [0, 0.05) is 0 Å². The Kier molecular flexibility index (Phi) is 5.40. The van der Waals surface area contributed by atoms with E-state index in [-0.39, 0.29) is 0 Å². The second-order valence-corrected chi connectivity index (χ2v) is 2.99. The summed E-state index contributed by atoms with van der Waals surface area (Å²) in [6.45, 7) is 7.81. The SMILES string of the molecule is CC.CCC(C)(O)c1ccccc1. The average molecular weight is 180 g/mol. The smallest absolute Gasteiger partial charge is 0.0865 e. The zero-order valence-electron chi connectivity index (χ0n) is 9.04. The van der Waals surface area contributed by atoms with Gasteiger partial charge in [0.1, 0.15) is 0 Å². The van der Waals surface area contributed by atoms with Crippen LogP contribution in [0.4, 0.5) is 0 Å². The minimum Gasteiger partial charge on any atom is -0.385 e. The van der Waals surface area contributed by atoms with Gasteiger partial charge >= 0.3 is 0 Å². The molecule has 1 aromatic rings. The molecule has 0 aromatic heterocycles. The molecule has 0 aliphatic carbocycles. The topological polar surface area (TPSA) is 20.2 Å². The molecule has 0 bridgehead atoms. The molecule has 1 unspecified atom stereocenters. The number of aliphatic hydroxyl groups is 1. The lowest BCUT2D eigenvalue weighted by molar-refractivity contribution is 0.0531. The van der Waals surface area contributed by atoms with Crippen molar-refractivity contribution in [2.24, 2.45) is 0 Å². The zero-order chi connectivity index (χ0) is 10.3. The predicted molar refractivity (Wildman–Crippen MR) is 57.7 cm³/mol. The molecule has 0 saturated carbocycles. The number of hydrogen-bond acceptors (Lipinski definition) is 1. The van der Waals surface area contributed by atoms with E-state index in [1.807, 2.05) is 58.0 Å². The van der Waals surface area contributed by atoms with Gasteiger partial charge in [0.05, 0.1) is 5.60 Å². The van der Waals surface area contributed by atoms with E-state index in [4.69, 9.17) is 0 Å². The van der Waals surface area contributed by atoms with Gasteiger partial charge in [-0.2, -0.15) is 0 Å². The summed E-state index contributed by atoms with van der Waals surface area (Å²) in [7, 11) is 0. The molecule has 74 valence electrons. The van der Waals surface area contributed by atoms with Crippen LogP contribution in [-0.2, 0) is 5.60 Å². The third-order valence-electron chi connectivity index (χ3n) is 2.08. The van der Waals surface area contributed by atoms with Gasteiger partial charge in [-0.1, -0.05) is 51.1 Å². The van der Waals surface area contributed by atoms with Crippen LogP contribution < -0.4 is 0 Å². The van der Waals surface area contributed by atoms with E-state index in [0.29, 0.717) is 0 Å². The molecule has 1 heteroatoms. The van der Waals surface area contributed by atoms with Gasteiger partial charge in [0.25, 0.3) is 0 Å². The van der Waals surface area contributed by atoms with E-state index in [0.717, 1.165) is 12.0 Å². The summed E-state index contributed by atoms with van der Waals surface area (Å²) in [5.74, 6) is 0. The molecule has 13 heavy (non-hydrogen) atoms. The summed E-state index contributed by atoms with van der Waals surface area (Å²) >= 11 is 0. The molecule has 1 nitrogen and oxygen atoms in total. The highest BCUT2D eigenvalue weighted by Crippen LogP contribution is 2.22. The van der Waals surface area contributed by atoms with Gasteiger partial charge < -0.3 is 5.11 Å². The van der Waals surface area contributed by atoms with E-state index in [9.17, 15) is 5.11 Å². The highest BCUT2D eigenvalue weighted by atomic mass is 16.3. The average Bonchev–Trinajstić information content (AvgIpc) is 2.22. The van der Waals surface area contributed by atoms with Crippen molar-refractivity contribution in [3.63, 3.8) is 0 Å². The summed E-state index contributed by atoms with van der Waals surface area (Å²) in [5.41, 5.74) is 0.323. The van der Waals surface area contributed by atoms with Gasteiger partial charge in [0.2, 0.25) is 0 Å². The third kappa shape index (κ3) is 3.60. The summed E-state index contributed by atoms with van der Waals surface area (Å²) in [6, 6.07) is 9.74. The lowest BCUT2D eigenvalue weighted by Crippen LogP contribution is -2.19. The Morgan fingerprint density at radius 2 is 1.62 bits per heavy atom. The molecule has 1 rings (SSSR count). The molecule has 0 heterocycles. The van der Waals surface area contributed by atoms with E-state index in [2.05, 4.69) is 0 Å².